The lowest BCUT2D eigenvalue weighted by Crippen LogP contribution is -2.33. The zero-order chi connectivity index (χ0) is 15.4. The van der Waals surface area contributed by atoms with Crippen LogP contribution in [0.1, 0.15) is 19.3 Å². The van der Waals surface area contributed by atoms with E-state index in [-0.39, 0.29) is 0 Å². The molecule has 2 aromatic carbocycles. The fourth-order valence-electron chi connectivity index (χ4n) is 2.95. The second-order valence-electron chi connectivity index (χ2n) is 5.60. The first-order valence-electron chi connectivity index (χ1n) is 7.82. The number of methoxy groups -OCH3 is 1. The van der Waals surface area contributed by atoms with Gasteiger partial charge in [0.25, 0.3) is 0 Å². The average Bonchev–Trinajstić information content (AvgIpc) is 2.62. The highest BCUT2D eigenvalue weighted by Gasteiger charge is 2.17. The van der Waals surface area contributed by atoms with Gasteiger partial charge in [-0.1, -0.05) is 12.1 Å². The van der Waals surface area contributed by atoms with E-state index < -0.39 is 0 Å². The Balaban J connectivity index is 1.89. The van der Waals surface area contributed by atoms with Crippen LogP contribution in [0.3, 0.4) is 0 Å². The number of benzene rings is 2. The molecule has 2 aromatic rings. The van der Waals surface area contributed by atoms with E-state index in [2.05, 4.69) is 23.1 Å². The van der Waals surface area contributed by atoms with Crippen LogP contribution in [0, 0.1) is 0 Å². The highest BCUT2D eigenvalue weighted by Crippen LogP contribution is 2.34. The molecule has 0 aromatic heterocycles. The zero-order valence-electron chi connectivity index (χ0n) is 13.0. The van der Waals surface area contributed by atoms with Gasteiger partial charge in [0, 0.05) is 13.1 Å². The number of hydrogen-bond donors (Lipinski definition) is 1. The maximum atomic E-state index is 6.38. The molecule has 0 unspecified atom stereocenters. The first-order chi connectivity index (χ1) is 10.8. The minimum atomic E-state index is 0.835. The van der Waals surface area contributed by atoms with Crippen LogP contribution in [0.2, 0.25) is 0 Å². The zero-order valence-corrected chi connectivity index (χ0v) is 13.0. The Bertz CT molecular complexity index is 606. The molecule has 116 valence electrons. The number of hydrazine groups is 1. The van der Waals surface area contributed by atoms with Gasteiger partial charge in [0.15, 0.2) is 0 Å². The van der Waals surface area contributed by atoms with Gasteiger partial charge in [0.1, 0.15) is 5.75 Å². The highest BCUT2D eigenvalue weighted by atomic mass is 16.5. The molecule has 0 saturated carbocycles. The van der Waals surface area contributed by atoms with Crippen molar-refractivity contribution in [1.29, 1.82) is 0 Å². The van der Waals surface area contributed by atoms with E-state index in [0.717, 1.165) is 30.2 Å². The van der Waals surface area contributed by atoms with Crippen molar-refractivity contribution in [3.8, 4) is 5.75 Å². The summed E-state index contributed by atoms with van der Waals surface area (Å²) in [5.41, 5.74) is 3.19. The molecule has 0 aliphatic carbocycles. The van der Waals surface area contributed by atoms with Crippen molar-refractivity contribution < 1.29 is 4.74 Å². The van der Waals surface area contributed by atoms with E-state index in [1.54, 1.807) is 12.1 Å². The summed E-state index contributed by atoms with van der Waals surface area (Å²) in [6, 6.07) is 16.2. The standard InChI is InChI=1S/C18H23N3O/c1-22-16-11-9-15(10-12-16)21(19)18-8-4-3-7-17(18)20-13-5-2-6-14-20/h3-4,7-12H,2,5-6,13-14,19H2,1H3. The second-order valence-corrected chi connectivity index (χ2v) is 5.60. The van der Waals surface area contributed by atoms with E-state index in [0.29, 0.717) is 0 Å². The summed E-state index contributed by atoms with van der Waals surface area (Å²) in [7, 11) is 1.67. The van der Waals surface area contributed by atoms with Gasteiger partial charge in [-0.05, 0) is 55.7 Å². The number of rotatable bonds is 4. The summed E-state index contributed by atoms with van der Waals surface area (Å²) in [5.74, 6) is 7.22. The number of nitrogens with zero attached hydrogens (tertiary/aromatic N) is 2. The number of ether oxygens (including phenoxy) is 1. The summed E-state index contributed by atoms with van der Waals surface area (Å²) < 4.78 is 5.21. The van der Waals surface area contributed by atoms with Gasteiger partial charge in [-0.25, -0.2) is 5.84 Å². The Morgan fingerprint density at radius 2 is 1.64 bits per heavy atom. The Morgan fingerprint density at radius 3 is 2.32 bits per heavy atom. The van der Waals surface area contributed by atoms with Crippen LogP contribution < -0.4 is 20.5 Å². The molecule has 22 heavy (non-hydrogen) atoms. The van der Waals surface area contributed by atoms with Crippen LogP contribution in [0.5, 0.6) is 5.75 Å². The molecule has 1 aliphatic rings. The lowest BCUT2D eigenvalue weighted by atomic mass is 10.1. The molecule has 3 rings (SSSR count). The fraction of sp³-hybridized carbons (Fsp3) is 0.333. The molecule has 0 bridgehead atoms. The van der Waals surface area contributed by atoms with Gasteiger partial charge in [-0.2, -0.15) is 0 Å². The lowest BCUT2D eigenvalue weighted by Gasteiger charge is -2.32. The number of piperidine rings is 1. The van der Waals surface area contributed by atoms with Gasteiger partial charge in [0.2, 0.25) is 0 Å². The number of para-hydroxylation sites is 2. The molecule has 1 heterocycles. The Labute approximate surface area is 132 Å². The molecule has 0 radical (unpaired) electrons. The van der Waals surface area contributed by atoms with E-state index in [1.165, 1.54) is 24.9 Å². The van der Waals surface area contributed by atoms with Crippen LogP contribution >= 0.6 is 0 Å². The maximum Gasteiger partial charge on any atom is 0.119 e. The van der Waals surface area contributed by atoms with Crippen LogP contribution in [0.15, 0.2) is 48.5 Å². The molecule has 1 aliphatic heterocycles. The molecular weight excluding hydrogens is 274 g/mol. The SMILES string of the molecule is COc1ccc(N(N)c2ccccc2N2CCCCC2)cc1. The monoisotopic (exact) mass is 297 g/mol. The highest BCUT2D eigenvalue weighted by molar-refractivity contribution is 5.76. The van der Waals surface area contributed by atoms with E-state index in [9.17, 15) is 0 Å². The predicted molar refractivity (Wildman–Crippen MR) is 91.8 cm³/mol. The van der Waals surface area contributed by atoms with Crippen molar-refractivity contribution in [1.82, 2.24) is 0 Å². The van der Waals surface area contributed by atoms with Gasteiger partial charge in [-0.15, -0.1) is 0 Å². The van der Waals surface area contributed by atoms with Crippen LogP contribution in [0.4, 0.5) is 17.1 Å². The van der Waals surface area contributed by atoms with Crippen molar-refractivity contribution in [2.45, 2.75) is 19.3 Å². The summed E-state index contributed by atoms with van der Waals surface area (Å²) in [6.07, 6.45) is 3.83. The fourth-order valence-corrected chi connectivity index (χ4v) is 2.95. The molecule has 4 nitrogen and oxygen atoms in total. The van der Waals surface area contributed by atoms with Crippen molar-refractivity contribution in [3.63, 3.8) is 0 Å². The molecule has 4 heteroatoms. The maximum absolute atomic E-state index is 6.38. The van der Waals surface area contributed by atoms with Crippen LogP contribution in [-0.2, 0) is 0 Å². The smallest absolute Gasteiger partial charge is 0.119 e. The van der Waals surface area contributed by atoms with Crippen molar-refractivity contribution in [2.24, 2.45) is 5.84 Å². The van der Waals surface area contributed by atoms with Gasteiger partial charge in [-0.3, -0.25) is 5.01 Å². The second kappa shape index (κ2) is 6.71. The molecule has 1 saturated heterocycles. The minimum absolute atomic E-state index is 0.835. The first-order valence-corrected chi connectivity index (χ1v) is 7.82. The Hall–Kier alpha value is -2.20. The van der Waals surface area contributed by atoms with E-state index in [1.807, 2.05) is 30.3 Å². The molecule has 1 fully saturated rings. The molecule has 2 N–H and O–H groups in total. The van der Waals surface area contributed by atoms with Crippen molar-refractivity contribution >= 4 is 17.1 Å². The van der Waals surface area contributed by atoms with Crippen molar-refractivity contribution in [2.75, 3.05) is 30.1 Å². The van der Waals surface area contributed by atoms with Crippen molar-refractivity contribution in [3.05, 3.63) is 48.5 Å². The molecule has 0 atom stereocenters. The third-order valence-corrected chi connectivity index (χ3v) is 4.19. The lowest BCUT2D eigenvalue weighted by molar-refractivity contribution is 0.415. The third kappa shape index (κ3) is 3.02. The number of anilines is 3. The average molecular weight is 297 g/mol. The summed E-state index contributed by atoms with van der Waals surface area (Å²) >= 11 is 0. The Kier molecular flexibility index (Phi) is 4.49. The quantitative estimate of drug-likeness (QED) is 0.690. The number of hydrogen-bond acceptors (Lipinski definition) is 4. The van der Waals surface area contributed by atoms with Gasteiger partial charge in [0.05, 0.1) is 24.2 Å². The molecule has 0 amide bonds. The Morgan fingerprint density at radius 1 is 0.955 bits per heavy atom. The summed E-state index contributed by atoms with van der Waals surface area (Å²) in [4.78, 5) is 2.43. The normalized spacial score (nSPS) is 14.7. The van der Waals surface area contributed by atoms with Gasteiger partial charge >= 0.3 is 0 Å². The molecular formula is C18H23N3O. The largest absolute Gasteiger partial charge is 0.497 e. The topological polar surface area (TPSA) is 41.7 Å². The van der Waals surface area contributed by atoms with Gasteiger partial charge < -0.3 is 9.64 Å². The summed E-state index contributed by atoms with van der Waals surface area (Å²) in [6.45, 7) is 2.21. The van der Waals surface area contributed by atoms with Crippen LogP contribution in [-0.4, -0.2) is 20.2 Å². The van der Waals surface area contributed by atoms with Crippen LogP contribution in [0.25, 0.3) is 0 Å². The van der Waals surface area contributed by atoms with E-state index >= 15 is 0 Å². The summed E-state index contributed by atoms with van der Waals surface area (Å²) in [5, 5.41) is 1.75. The third-order valence-electron chi connectivity index (χ3n) is 4.19. The number of nitrogens with two attached hydrogens (primary N) is 1. The molecule has 0 spiro atoms. The minimum Gasteiger partial charge on any atom is -0.497 e. The first kappa shape index (κ1) is 14.7. The predicted octanol–water partition coefficient (Wildman–Crippen LogP) is 3.70. The van der Waals surface area contributed by atoms with E-state index in [4.69, 9.17) is 10.6 Å².